The van der Waals surface area contributed by atoms with E-state index in [1.807, 2.05) is 30.3 Å². The number of hydrogen-bond donors (Lipinski definition) is 2. The van der Waals surface area contributed by atoms with Gasteiger partial charge in [-0.2, -0.15) is 0 Å². The number of nitrogens with one attached hydrogen (secondary N) is 1. The fraction of sp³-hybridized carbons (Fsp3) is 0.143. The molecule has 5 heteroatoms. The minimum absolute atomic E-state index is 0.279. The Morgan fingerprint density at radius 2 is 1.95 bits per heavy atom. The number of pyridine rings is 1. The summed E-state index contributed by atoms with van der Waals surface area (Å²) in [4.78, 5) is 15.9. The van der Waals surface area contributed by atoms with Crippen LogP contribution in [0.15, 0.2) is 48.5 Å². The number of nitrogens with two attached hydrogens (primary N) is 1. The van der Waals surface area contributed by atoms with Gasteiger partial charge in [0.25, 0.3) is 0 Å². The molecule has 0 aliphatic heterocycles. The summed E-state index contributed by atoms with van der Waals surface area (Å²) >= 11 is 5.74. The van der Waals surface area contributed by atoms with Gasteiger partial charge in [0.15, 0.2) is 0 Å². The third-order valence-electron chi connectivity index (χ3n) is 2.60. The van der Waals surface area contributed by atoms with Gasteiger partial charge in [0, 0.05) is 0 Å². The van der Waals surface area contributed by atoms with E-state index in [4.69, 9.17) is 17.3 Å². The SMILES string of the molecule is NC(Cc1ccccc1)C(=O)Nc1cccc(Cl)n1. The molecule has 0 bridgehead atoms. The monoisotopic (exact) mass is 275 g/mol. The van der Waals surface area contributed by atoms with Gasteiger partial charge in [-0.3, -0.25) is 4.79 Å². The number of aromatic nitrogens is 1. The van der Waals surface area contributed by atoms with E-state index in [1.165, 1.54) is 0 Å². The molecule has 0 aliphatic carbocycles. The van der Waals surface area contributed by atoms with E-state index >= 15 is 0 Å². The van der Waals surface area contributed by atoms with Gasteiger partial charge in [-0.25, -0.2) is 4.98 Å². The molecule has 1 amide bonds. The lowest BCUT2D eigenvalue weighted by atomic mass is 10.1. The summed E-state index contributed by atoms with van der Waals surface area (Å²) in [5, 5.41) is 2.97. The lowest BCUT2D eigenvalue weighted by molar-refractivity contribution is -0.117. The van der Waals surface area contributed by atoms with E-state index in [0.29, 0.717) is 17.4 Å². The van der Waals surface area contributed by atoms with Crippen molar-refractivity contribution in [1.82, 2.24) is 4.98 Å². The van der Waals surface area contributed by atoms with Gasteiger partial charge in [-0.05, 0) is 24.1 Å². The number of anilines is 1. The Labute approximate surface area is 116 Å². The third kappa shape index (κ3) is 4.05. The summed E-state index contributed by atoms with van der Waals surface area (Å²) in [5.74, 6) is 0.125. The highest BCUT2D eigenvalue weighted by Crippen LogP contribution is 2.10. The number of carbonyl (C=O) groups excluding carboxylic acids is 1. The number of halogens is 1. The Morgan fingerprint density at radius 1 is 1.21 bits per heavy atom. The zero-order chi connectivity index (χ0) is 13.7. The molecule has 1 aromatic heterocycles. The zero-order valence-electron chi connectivity index (χ0n) is 10.2. The summed E-state index contributed by atoms with van der Waals surface area (Å²) in [7, 11) is 0. The Bertz CT molecular complexity index is 560. The van der Waals surface area contributed by atoms with Crippen molar-refractivity contribution >= 4 is 23.3 Å². The molecule has 0 saturated heterocycles. The van der Waals surface area contributed by atoms with Gasteiger partial charge in [-0.15, -0.1) is 0 Å². The van der Waals surface area contributed by atoms with Crippen LogP contribution in [0, 0.1) is 0 Å². The lowest BCUT2D eigenvalue weighted by Gasteiger charge is -2.11. The van der Waals surface area contributed by atoms with Crippen molar-refractivity contribution in [1.29, 1.82) is 0 Å². The second-order valence-corrected chi connectivity index (χ2v) is 4.52. The maximum absolute atomic E-state index is 11.9. The third-order valence-corrected chi connectivity index (χ3v) is 2.81. The standard InChI is InChI=1S/C14H14ClN3O/c15-12-7-4-8-13(17-12)18-14(19)11(16)9-10-5-2-1-3-6-10/h1-8,11H,9,16H2,(H,17,18,19). The molecule has 1 aromatic carbocycles. The molecule has 2 rings (SSSR count). The summed E-state index contributed by atoms with van der Waals surface area (Å²) in [6, 6.07) is 14.0. The van der Waals surface area contributed by atoms with Gasteiger partial charge in [0.1, 0.15) is 11.0 Å². The average molecular weight is 276 g/mol. The van der Waals surface area contributed by atoms with E-state index in [1.54, 1.807) is 18.2 Å². The number of hydrogen-bond acceptors (Lipinski definition) is 3. The fourth-order valence-corrected chi connectivity index (χ4v) is 1.82. The van der Waals surface area contributed by atoms with E-state index in [-0.39, 0.29) is 5.91 Å². The van der Waals surface area contributed by atoms with Crippen LogP contribution >= 0.6 is 11.6 Å². The lowest BCUT2D eigenvalue weighted by Crippen LogP contribution is -2.37. The summed E-state index contributed by atoms with van der Waals surface area (Å²) in [6.07, 6.45) is 0.479. The van der Waals surface area contributed by atoms with Crippen LogP contribution in [0.1, 0.15) is 5.56 Å². The van der Waals surface area contributed by atoms with Gasteiger partial charge >= 0.3 is 0 Å². The Balaban J connectivity index is 1.96. The van der Waals surface area contributed by atoms with Crippen molar-refractivity contribution in [3.8, 4) is 0 Å². The number of rotatable bonds is 4. The topological polar surface area (TPSA) is 68.0 Å². The number of benzene rings is 1. The fourth-order valence-electron chi connectivity index (χ4n) is 1.66. The molecule has 2 aromatic rings. The highest BCUT2D eigenvalue weighted by atomic mass is 35.5. The second kappa shape index (κ2) is 6.31. The minimum atomic E-state index is -0.622. The molecular formula is C14H14ClN3O. The first-order valence-corrected chi connectivity index (χ1v) is 6.26. The molecule has 1 unspecified atom stereocenters. The summed E-state index contributed by atoms with van der Waals surface area (Å²) < 4.78 is 0. The van der Waals surface area contributed by atoms with Crippen LogP contribution in [0.25, 0.3) is 0 Å². The van der Waals surface area contributed by atoms with Crippen LogP contribution in [0.3, 0.4) is 0 Å². The van der Waals surface area contributed by atoms with Crippen molar-refractivity contribution < 1.29 is 4.79 Å². The van der Waals surface area contributed by atoms with Crippen molar-refractivity contribution in [3.63, 3.8) is 0 Å². The van der Waals surface area contributed by atoms with Crippen molar-refractivity contribution in [3.05, 3.63) is 59.2 Å². The average Bonchev–Trinajstić information content (AvgIpc) is 2.40. The molecular weight excluding hydrogens is 262 g/mol. The molecule has 19 heavy (non-hydrogen) atoms. The van der Waals surface area contributed by atoms with Crippen LogP contribution in [0.4, 0.5) is 5.82 Å². The maximum Gasteiger partial charge on any atom is 0.242 e. The van der Waals surface area contributed by atoms with Gasteiger partial charge in [-0.1, -0.05) is 48.0 Å². The van der Waals surface area contributed by atoms with Gasteiger partial charge in [0.2, 0.25) is 5.91 Å². The van der Waals surface area contributed by atoms with E-state index in [0.717, 1.165) is 5.56 Å². The van der Waals surface area contributed by atoms with Crippen LogP contribution in [0.2, 0.25) is 5.15 Å². The molecule has 1 heterocycles. The Hall–Kier alpha value is -1.91. The van der Waals surface area contributed by atoms with E-state index in [9.17, 15) is 4.79 Å². The number of amides is 1. The number of nitrogens with zero attached hydrogens (tertiary/aromatic N) is 1. The van der Waals surface area contributed by atoms with Crippen molar-refractivity contribution in [2.24, 2.45) is 5.73 Å². The molecule has 0 saturated carbocycles. The molecule has 3 N–H and O–H groups in total. The molecule has 4 nitrogen and oxygen atoms in total. The van der Waals surface area contributed by atoms with Crippen LogP contribution in [0.5, 0.6) is 0 Å². The minimum Gasteiger partial charge on any atom is -0.320 e. The van der Waals surface area contributed by atoms with Crippen LogP contribution in [-0.2, 0) is 11.2 Å². The second-order valence-electron chi connectivity index (χ2n) is 4.13. The smallest absolute Gasteiger partial charge is 0.242 e. The van der Waals surface area contributed by atoms with Gasteiger partial charge < -0.3 is 11.1 Å². The van der Waals surface area contributed by atoms with Gasteiger partial charge in [0.05, 0.1) is 6.04 Å². The highest BCUT2D eigenvalue weighted by Gasteiger charge is 2.14. The first-order valence-electron chi connectivity index (χ1n) is 5.88. The quantitative estimate of drug-likeness (QED) is 0.841. The predicted octanol–water partition coefficient (Wildman–Crippen LogP) is 2.24. The first kappa shape index (κ1) is 13.5. The number of carbonyl (C=O) groups is 1. The normalized spacial score (nSPS) is 11.9. The largest absolute Gasteiger partial charge is 0.320 e. The first-order chi connectivity index (χ1) is 9.15. The summed E-state index contributed by atoms with van der Waals surface area (Å²) in [6.45, 7) is 0. The Morgan fingerprint density at radius 3 is 2.63 bits per heavy atom. The molecule has 0 spiro atoms. The van der Waals surface area contributed by atoms with Crippen LogP contribution < -0.4 is 11.1 Å². The highest BCUT2D eigenvalue weighted by molar-refractivity contribution is 6.29. The van der Waals surface area contributed by atoms with E-state index < -0.39 is 6.04 Å². The van der Waals surface area contributed by atoms with E-state index in [2.05, 4.69) is 10.3 Å². The zero-order valence-corrected chi connectivity index (χ0v) is 11.0. The van der Waals surface area contributed by atoms with Crippen molar-refractivity contribution in [2.45, 2.75) is 12.5 Å². The van der Waals surface area contributed by atoms with Crippen molar-refractivity contribution in [2.75, 3.05) is 5.32 Å². The molecule has 0 radical (unpaired) electrons. The molecule has 98 valence electrons. The molecule has 1 atom stereocenters. The predicted molar refractivity (Wildman–Crippen MR) is 76.0 cm³/mol. The maximum atomic E-state index is 11.9. The molecule has 0 fully saturated rings. The van der Waals surface area contributed by atoms with Crippen LogP contribution in [-0.4, -0.2) is 16.9 Å². The summed E-state index contributed by atoms with van der Waals surface area (Å²) in [5.41, 5.74) is 6.88. The Kier molecular flexibility index (Phi) is 4.49. The molecule has 0 aliphatic rings.